The van der Waals surface area contributed by atoms with Crippen LogP contribution in [0.2, 0.25) is 0 Å². The Morgan fingerprint density at radius 3 is 2.45 bits per heavy atom. The van der Waals surface area contributed by atoms with Gasteiger partial charge in [0.2, 0.25) is 10.0 Å². The van der Waals surface area contributed by atoms with Gasteiger partial charge in [0.15, 0.2) is 0 Å². The number of benzene rings is 1. The monoisotopic (exact) mass is 300 g/mol. The van der Waals surface area contributed by atoms with Crippen molar-refractivity contribution in [1.29, 1.82) is 0 Å². The Balaban J connectivity index is 2.42. The zero-order valence-electron chi connectivity index (χ0n) is 12.3. The van der Waals surface area contributed by atoms with Crippen molar-refractivity contribution in [1.82, 2.24) is 10.0 Å². The number of sulfonamides is 1. The van der Waals surface area contributed by atoms with E-state index in [9.17, 15) is 8.42 Å². The van der Waals surface area contributed by atoms with E-state index < -0.39 is 15.3 Å². The molecule has 5 nitrogen and oxygen atoms in total. The fraction of sp³-hybridized carbons (Fsp3) is 0.571. The van der Waals surface area contributed by atoms with E-state index >= 15 is 0 Å². The van der Waals surface area contributed by atoms with Gasteiger partial charge in [0, 0.05) is 13.1 Å². The Morgan fingerprint density at radius 2 is 1.90 bits per heavy atom. The molecule has 1 rings (SSSR count). The minimum Gasteiger partial charge on any atom is -0.497 e. The molecule has 0 amide bonds. The molecule has 0 aliphatic rings. The fourth-order valence-electron chi connectivity index (χ4n) is 1.73. The van der Waals surface area contributed by atoms with Crippen molar-refractivity contribution in [2.45, 2.75) is 25.5 Å². The summed E-state index contributed by atoms with van der Waals surface area (Å²) < 4.78 is 31.6. The number of hydrogen-bond acceptors (Lipinski definition) is 4. The normalized spacial score (nSPS) is 13.2. The van der Waals surface area contributed by atoms with E-state index in [0.29, 0.717) is 19.5 Å². The second kappa shape index (κ2) is 8.24. The maximum absolute atomic E-state index is 12.0. The molecule has 114 valence electrons. The van der Waals surface area contributed by atoms with Crippen LogP contribution >= 0.6 is 0 Å². The summed E-state index contributed by atoms with van der Waals surface area (Å²) in [6, 6.07) is 7.62. The molecule has 2 N–H and O–H groups in total. The quantitative estimate of drug-likeness (QED) is 0.718. The molecule has 1 aromatic rings. The first-order valence-electron chi connectivity index (χ1n) is 6.81. The van der Waals surface area contributed by atoms with E-state index in [1.54, 1.807) is 14.0 Å². The van der Waals surface area contributed by atoms with Crippen LogP contribution in [0.1, 0.15) is 19.4 Å². The zero-order chi connectivity index (χ0) is 15.0. The maximum atomic E-state index is 12.0. The molecular weight excluding hydrogens is 276 g/mol. The van der Waals surface area contributed by atoms with Crippen LogP contribution in [0.3, 0.4) is 0 Å². The molecule has 0 bridgehead atoms. The lowest BCUT2D eigenvalue weighted by molar-refractivity contribution is 0.414. The van der Waals surface area contributed by atoms with E-state index in [4.69, 9.17) is 4.74 Å². The third kappa shape index (κ3) is 5.48. The molecule has 0 aliphatic carbocycles. The van der Waals surface area contributed by atoms with E-state index in [0.717, 1.165) is 17.9 Å². The second-order valence-corrected chi connectivity index (χ2v) is 6.84. The first-order chi connectivity index (χ1) is 9.49. The Morgan fingerprint density at radius 1 is 1.25 bits per heavy atom. The fourth-order valence-corrected chi connectivity index (χ4v) is 2.74. The summed E-state index contributed by atoms with van der Waals surface area (Å²) in [7, 11) is -1.63. The number of hydrogen-bond donors (Lipinski definition) is 2. The van der Waals surface area contributed by atoms with E-state index in [1.165, 1.54) is 0 Å². The Kier molecular flexibility index (Phi) is 6.98. The molecule has 1 atom stereocenters. The van der Waals surface area contributed by atoms with Crippen LogP contribution in [0, 0.1) is 0 Å². The van der Waals surface area contributed by atoms with Crippen molar-refractivity contribution in [3.8, 4) is 5.75 Å². The molecular formula is C14H24N2O3S. The Labute approximate surface area is 121 Å². The highest BCUT2D eigenvalue weighted by molar-refractivity contribution is 7.90. The molecule has 1 unspecified atom stereocenters. The smallest absolute Gasteiger partial charge is 0.215 e. The van der Waals surface area contributed by atoms with Gasteiger partial charge < -0.3 is 10.1 Å². The second-order valence-electron chi connectivity index (χ2n) is 4.66. The summed E-state index contributed by atoms with van der Waals surface area (Å²) in [6.45, 7) is 5.31. The lowest BCUT2D eigenvalue weighted by Crippen LogP contribution is -2.39. The summed E-state index contributed by atoms with van der Waals surface area (Å²) in [4.78, 5) is 0. The summed E-state index contributed by atoms with van der Waals surface area (Å²) in [5, 5.41) is 2.61. The van der Waals surface area contributed by atoms with Crippen molar-refractivity contribution in [3.63, 3.8) is 0 Å². The minimum absolute atomic E-state index is 0.408. The van der Waals surface area contributed by atoms with Crippen LogP contribution in [0.4, 0.5) is 0 Å². The summed E-state index contributed by atoms with van der Waals surface area (Å²) in [5.41, 5.74) is 1.08. The standard InChI is InChI=1S/C14H24N2O3S/c1-4-15-11-12(2)20(17,18)16-10-9-13-5-7-14(19-3)8-6-13/h5-8,12,15-16H,4,9-11H2,1-3H3. The summed E-state index contributed by atoms with van der Waals surface area (Å²) >= 11 is 0. The average Bonchev–Trinajstić information content (AvgIpc) is 2.45. The van der Waals surface area contributed by atoms with Crippen LogP contribution in [0.15, 0.2) is 24.3 Å². The van der Waals surface area contributed by atoms with E-state index in [2.05, 4.69) is 10.0 Å². The molecule has 0 saturated carbocycles. The molecule has 0 aromatic heterocycles. The van der Waals surface area contributed by atoms with Gasteiger partial charge in [-0.05, 0) is 37.6 Å². The Hall–Kier alpha value is -1.11. The van der Waals surface area contributed by atoms with E-state index in [1.807, 2.05) is 31.2 Å². The molecule has 20 heavy (non-hydrogen) atoms. The van der Waals surface area contributed by atoms with Crippen LogP contribution in [0.5, 0.6) is 5.75 Å². The predicted molar refractivity (Wildman–Crippen MR) is 81.6 cm³/mol. The Bertz CT molecular complexity index is 486. The van der Waals surface area contributed by atoms with Gasteiger partial charge in [-0.15, -0.1) is 0 Å². The predicted octanol–water partition coefficient (Wildman–Crippen LogP) is 1.16. The van der Waals surface area contributed by atoms with Crippen molar-refractivity contribution < 1.29 is 13.2 Å². The highest BCUT2D eigenvalue weighted by Gasteiger charge is 2.19. The highest BCUT2D eigenvalue weighted by atomic mass is 32.2. The topological polar surface area (TPSA) is 67.4 Å². The molecule has 0 fully saturated rings. The summed E-state index contributed by atoms with van der Waals surface area (Å²) in [5.74, 6) is 0.800. The third-order valence-corrected chi connectivity index (χ3v) is 4.92. The SMILES string of the molecule is CCNCC(C)S(=O)(=O)NCCc1ccc(OC)cc1. The van der Waals surface area contributed by atoms with Gasteiger partial charge in [-0.25, -0.2) is 13.1 Å². The maximum Gasteiger partial charge on any atom is 0.215 e. The average molecular weight is 300 g/mol. The number of nitrogens with one attached hydrogen (secondary N) is 2. The van der Waals surface area contributed by atoms with Crippen LogP contribution < -0.4 is 14.8 Å². The van der Waals surface area contributed by atoms with Crippen molar-refractivity contribution in [3.05, 3.63) is 29.8 Å². The highest BCUT2D eigenvalue weighted by Crippen LogP contribution is 2.11. The van der Waals surface area contributed by atoms with E-state index in [-0.39, 0.29) is 0 Å². The van der Waals surface area contributed by atoms with Gasteiger partial charge in [0.25, 0.3) is 0 Å². The molecule has 6 heteroatoms. The van der Waals surface area contributed by atoms with Crippen molar-refractivity contribution in [2.75, 3.05) is 26.7 Å². The minimum atomic E-state index is -3.25. The lowest BCUT2D eigenvalue weighted by Gasteiger charge is -2.14. The van der Waals surface area contributed by atoms with Gasteiger partial charge in [0.05, 0.1) is 12.4 Å². The van der Waals surface area contributed by atoms with Gasteiger partial charge in [0.1, 0.15) is 5.75 Å². The third-order valence-electron chi connectivity index (χ3n) is 3.09. The van der Waals surface area contributed by atoms with Crippen molar-refractivity contribution >= 4 is 10.0 Å². The number of methoxy groups -OCH3 is 1. The molecule has 0 spiro atoms. The van der Waals surface area contributed by atoms with Gasteiger partial charge in [-0.2, -0.15) is 0 Å². The number of ether oxygens (including phenoxy) is 1. The molecule has 0 saturated heterocycles. The number of rotatable bonds is 9. The molecule has 1 aromatic carbocycles. The van der Waals surface area contributed by atoms with Crippen LogP contribution in [0.25, 0.3) is 0 Å². The first kappa shape index (κ1) is 16.9. The molecule has 0 aliphatic heterocycles. The van der Waals surface area contributed by atoms with Gasteiger partial charge in [-0.1, -0.05) is 19.1 Å². The van der Waals surface area contributed by atoms with Crippen LogP contribution in [-0.4, -0.2) is 40.4 Å². The van der Waals surface area contributed by atoms with Crippen LogP contribution in [-0.2, 0) is 16.4 Å². The van der Waals surface area contributed by atoms with Gasteiger partial charge >= 0.3 is 0 Å². The largest absolute Gasteiger partial charge is 0.497 e. The zero-order valence-corrected chi connectivity index (χ0v) is 13.2. The molecule has 0 heterocycles. The lowest BCUT2D eigenvalue weighted by atomic mass is 10.1. The van der Waals surface area contributed by atoms with Crippen molar-refractivity contribution in [2.24, 2.45) is 0 Å². The molecule has 0 radical (unpaired) electrons. The summed E-state index contributed by atoms with van der Waals surface area (Å²) in [6.07, 6.45) is 0.664. The van der Waals surface area contributed by atoms with Gasteiger partial charge in [-0.3, -0.25) is 0 Å². The first-order valence-corrected chi connectivity index (χ1v) is 8.36.